The average molecular weight is 355 g/mol. The number of nitrogens with zero attached hydrogens (tertiary/aromatic N) is 5. The largest absolute Gasteiger partial charge is 0.406 e. The van der Waals surface area contributed by atoms with Crippen molar-refractivity contribution in [1.82, 2.24) is 25.1 Å². The number of hydrogen-bond acceptors (Lipinski definition) is 4. The first kappa shape index (κ1) is 18.9. The summed E-state index contributed by atoms with van der Waals surface area (Å²) in [5.41, 5.74) is 0.823. The standard InChI is InChI=1S/C16H20F3N5O/c1-2-10-23(12-16(17,18)19)14(25)9-6-11-24-21-15(20-22-24)13-7-4-3-5-8-13/h3-5,7-8H,2,6,9-12H2,1H3. The van der Waals surface area contributed by atoms with Crippen molar-refractivity contribution < 1.29 is 18.0 Å². The molecule has 0 spiro atoms. The molecule has 1 aromatic carbocycles. The number of alkyl halides is 3. The van der Waals surface area contributed by atoms with E-state index in [9.17, 15) is 18.0 Å². The van der Waals surface area contributed by atoms with Crippen LogP contribution in [0.4, 0.5) is 13.2 Å². The van der Waals surface area contributed by atoms with Crippen LogP contribution in [0.2, 0.25) is 0 Å². The van der Waals surface area contributed by atoms with Gasteiger partial charge in [-0.2, -0.15) is 18.0 Å². The number of hydrogen-bond donors (Lipinski definition) is 0. The number of halogens is 3. The SMILES string of the molecule is CCCN(CC(F)(F)F)C(=O)CCCn1nnc(-c2ccccc2)n1. The number of carbonyl (C=O) groups is 1. The van der Waals surface area contributed by atoms with Crippen LogP contribution in [0.5, 0.6) is 0 Å². The van der Waals surface area contributed by atoms with E-state index >= 15 is 0 Å². The molecule has 0 fully saturated rings. The van der Waals surface area contributed by atoms with Gasteiger partial charge in [0.05, 0.1) is 6.54 Å². The van der Waals surface area contributed by atoms with Crippen molar-refractivity contribution in [3.63, 3.8) is 0 Å². The molecule has 0 radical (unpaired) electrons. The van der Waals surface area contributed by atoms with E-state index in [0.717, 1.165) is 10.5 Å². The maximum absolute atomic E-state index is 12.5. The lowest BCUT2D eigenvalue weighted by Gasteiger charge is -2.23. The second-order valence-corrected chi connectivity index (χ2v) is 5.61. The molecule has 0 bridgehead atoms. The minimum atomic E-state index is -4.39. The van der Waals surface area contributed by atoms with E-state index in [1.165, 1.54) is 4.80 Å². The van der Waals surface area contributed by atoms with Crippen molar-refractivity contribution >= 4 is 5.91 Å². The molecule has 0 saturated heterocycles. The lowest BCUT2D eigenvalue weighted by atomic mass is 10.2. The van der Waals surface area contributed by atoms with Gasteiger partial charge in [0.25, 0.3) is 0 Å². The highest BCUT2D eigenvalue weighted by Crippen LogP contribution is 2.17. The molecule has 0 aliphatic rings. The lowest BCUT2D eigenvalue weighted by molar-refractivity contribution is -0.161. The van der Waals surface area contributed by atoms with Gasteiger partial charge in [-0.05, 0) is 18.1 Å². The number of tetrazole rings is 1. The fourth-order valence-electron chi connectivity index (χ4n) is 2.35. The summed E-state index contributed by atoms with van der Waals surface area (Å²) in [5.74, 6) is -0.0424. The van der Waals surface area contributed by atoms with Gasteiger partial charge in [0, 0.05) is 18.5 Å². The van der Waals surface area contributed by atoms with Crippen LogP contribution >= 0.6 is 0 Å². The van der Waals surface area contributed by atoms with Crippen molar-refractivity contribution in [2.24, 2.45) is 0 Å². The highest BCUT2D eigenvalue weighted by atomic mass is 19.4. The molecule has 0 unspecified atom stereocenters. The molecule has 2 rings (SSSR count). The molecule has 2 aromatic rings. The van der Waals surface area contributed by atoms with Gasteiger partial charge in [0.1, 0.15) is 6.54 Å². The van der Waals surface area contributed by atoms with E-state index in [1.54, 1.807) is 6.92 Å². The summed E-state index contributed by atoms with van der Waals surface area (Å²) >= 11 is 0. The number of carbonyl (C=O) groups excluding carboxylic acids is 1. The van der Waals surface area contributed by atoms with Crippen LogP contribution in [0.25, 0.3) is 11.4 Å². The van der Waals surface area contributed by atoms with Gasteiger partial charge in [0.2, 0.25) is 11.7 Å². The smallest absolute Gasteiger partial charge is 0.334 e. The van der Waals surface area contributed by atoms with E-state index in [2.05, 4.69) is 15.4 Å². The number of amides is 1. The van der Waals surface area contributed by atoms with Gasteiger partial charge in [-0.15, -0.1) is 10.2 Å². The predicted octanol–water partition coefficient (Wildman–Crippen LogP) is 2.92. The highest BCUT2D eigenvalue weighted by molar-refractivity contribution is 5.76. The maximum atomic E-state index is 12.5. The molecular weight excluding hydrogens is 335 g/mol. The van der Waals surface area contributed by atoms with Crippen molar-refractivity contribution in [1.29, 1.82) is 0 Å². The lowest BCUT2D eigenvalue weighted by Crippen LogP contribution is -2.39. The van der Waals surface area contributed by atoms with Crippen molar-refractivity contribution in [3.05, 3.63) is 30.3 Å². The average Bonchev–Trinajstić information content (AvgIpc) is 3.03. The Morgan fingerprint density at radius 3 is 2.60 bits per heavy atom. The van der Waals surface area contributed by atoms with Gasteiger partial charge < -0.3 is 4.90 Å². The van der Waals surface area contributed by atoms with Crippen LogP contribution in [0.1, 0.15) is 26.2 Å². The zero-order valence-electron chi connectivity index (χ0n) is 13.9. The van der Waals surface area contributed by atoms with Crippen LogP contribution in [0.3, 0.4) is 0 Å². The summed E-state index contributed by atoms with van der Waals surface area (Å²) in [4.78, 5) is 14.2. The Morgan fingerprint density at radius 2 is 1.96 bits per heavy atom. The third kappa shape index (κ3) is 6.17. The summed E-state index contributed by atoms with van der Waals surface area (Å²) in [7, 11) is 0. The molecule has 9 heteroatoms. The molecule has 25 heavy (non-hydrogen) atoms. The molecule has 0 atom stereocenters. The molecule has 0 aliphatic heterocycles. The molecule has 0 aliphatic carbocycles. The molecule has 6 nitrogen and oxygen atoms in total. The summed E-state index contributed by atoms with van der Waals surface area (Å²) in [5, 5.41) is 12.0. The fourth-order valence-corrected chi connectivity index (χ4v) is 2.35. The molecule has 1 amide bonds. The Morgan fingerprint density at radius 1 is 1.24 bits per heavy atom. The summed E-state index contributed by atoms with van der Waals surface area (Å²) in [6.45, 7) is 0.941. The van der Waals surface area contributed by atoms with Crippen LogP contribution in [0, 0.1) is 0 Å². The molecular formula is C16H20F3N5O. The van der Waals surface area contributed by atoms with Gasteiger partial charge in [-0.1, -0.05) is 37.3 Å². The second kappa shape index (κ2) is 8.59. The minimum absolute atomic E-state index is 0.0122. The van der Waals surface area contributed by atoms with E-state index < -0.39 is 18.6 Å². The summed E-state index contributed by atoms with van der Waals surface area (Å²) in [6, 6.07) is 9.30. The van der Waals surface area contributed by atoms with Crippen molar-refractivity contribution in [2.75, 3.05) is 13.1 Å². The van der Waals surface area contributed by atoms with Gasteiger partial charge in [-0.25, -0.2) is 0 Å². The normalized spacial score (nSPS) is 11.5. The van der Waals surface area contributed by atoms with Crippen LogP contribution < -0.4 is 0 Å². The van der Waals surface area contributed by atoms with Gasteiger partial charge in [0.15, 0.2) is 0 Å². The number of benzene rings is 1. The Bertz CT molecular complexity index is 672. The Hall–Kier alpha value is -2.45. The maximum Gasteiger partial charge on any atom is 0.406 e. The number of aryl methyl sites for hydroxylation is 1. The minimum Gasteiger partial charge on any atom is -0.334 e. The first-order valence-electron chi connectivity index (χ1n) is 8.07. The monoisotopic (exact) mass is 355 g/mol. The highest BCUT2D eigenvalue weighted by Gasteiger charge is 2.32. The Labute approximate surface area is 143 Å². The zero-order valence-corrected chi connectivity index (χ0v) is 13.9. The second-order valence-electron chi connectivity index (χ2n) is 5.61. The van der Waals surface area contributed by atoms with Crippen LogP contribution in [-0.4, -0.2) is 50.3 Å². The third-order valence-electron chi connectivity index (χ3n) is 3.45. The van der Waals surface area contributed by atoms with Gasteiger partial charge >= 0.3 is 6.18 Å². The van der Waals surface area contributed by atoms with E-state index in [1.807, 2.05) is 30.3 Å². The fraction of sp³-hybridized carbons (Fsp3) is 0.500. The Balaban J connectivity index is 1.85. The molecule has 136 valence electrons. The van der Waals surface area contributed by atoms with Crippen molar-refractivity contribution in [2.45, 2.75) is 38.9 Å². The van der Waals surface area contributed by atoms with Crippen LogP contribution in [-0.2, 0) is 11.3 Å². The first-order valence-corrected chi connectivity index (χ1v) is 8.07. The first-order chi connectivity index (χ1) is 11.9. The molecule has 1 aromatic heterocycles. The third-order valence-corrected chi connectivity index (χ3v) is 3.45. The predicted molar refractivity (Wildman–Crippen MR) is 85.4 cm³/mol. The van der Waals surface area contributed by atoms with E-state index in [4.69, 9.17) is 0 Å². The quantitative estimate of drug-likeness (QED) is 0.730. The molecule has 0 saturated carbocycles. The van der Waals surface area contributed by atoms with Crippen molar-refractivity contribution in [3.8, 4) is 11.4 Å². The zero-order chi connectivity index (χ0) is 18.3. The molecule has 1 heterocycles. The summed E-state index contributed by atoms with van der Waals surface area (Å²) < 4.78 is 37.5. The number of rotatable bonds is 8. The van der Waals surface area contributed by atoms with E-state index in [-0.39, 0.29) is 13.0 Å². The van der Waals surface area contributed by atoms with E-state index in [0.29, 0.717) is 25.2 Å². The van der Waals surface area contributed by atoms with Gasteiger partial charge in [-0.3, -0.25) is 4.79 Å². The summed E-state index contributed by atoms with van der Waals surface area (Å²) in [6.07, 6.45) is -3.55. The van der Waals surface area contributed by atoms with Crippen LogP contribution in [0.15, 0.2) is 30.3 Å². The topological polar surface area (TPSA) is 63.9 Å². The Kier molecular flexibility index (Phi) is 6.49. The molecule has 0 N–H and O–H groups in total. The number of aromatic nitrogens is 4.